The van der Waals surface area contributed by atoms with E-state index in [2.05, 4.69) is 0 Å². The van der Waals surface area contributed by atoms with Gasteiger partial charge in [0.05, 0.1) is 9.68 Å². The Morgan fingerprint density at radius 1 is 1.12 bits per heavy atom. The second-order valence-electron chi connectivity index (χ2n) is 2.74. The summed E-state index contributed by atoms with van der Waals surface area (Å²) < 4.78 is 0. The smallest absolute Gasteiger partial charge is 0.0919 e. The van der Waals surface area contributed by atoms with Crippen LogP contribution in [0.15, 0.2) is 0 Å². The quantitative estimate of drug-likeness (QED) is 0.520. The van der Waals surface area contributed by atoms with Crippen LogP contribution in [-0.4, -0.2) is 9.68 Å². The van der Waals surface area contributed by atoms with Gasteiger partial charge >= 0.3 is 0 Å². The first-order valence-corrected chi connectivity index (χ1v) is 5.27. The molecule has 8 heavy (non-hydrogen) atoms. The van der Waals surface area contributed by atoms with Crippen LogP contribution in [0.4, 0.5) is 0 Å². The third-order valence-electron chi connectivity index (χ3n) is 2.06. The minimum atomic E-state index is -0.132. The van der Waals surface area contributed by atoms with Crippen molar-refractivity contribution in [2.24, 2.45) is 5.40 Å². The molecule has 0 spiro atoms. The van der Waals surface area contributed by atoms with E-state index in [-0.39, 0.29) is 9.68 Å². The maximum Gasteiger partial charge on any atom is 0.0919 e. The summed E-state index contributed by atoms with van der Waals surface area (Å²) in [7, 11) is -0.132. The molecule has 0 radical (unpaired) electrons. The lowest BCUT2D eigenvalue weighted by Crippen LogP contribution is -2.15. The zero-order valence-electron chi connectivity index (χ0n) is 5.40. The Bertz CT molecular complexity index is 59.5. The fraction of sp³-hybridized carbons (Fsp3) is 1.00. The van der Waals surface area contributed by atoms with Crippen LogP contribution in [0, 0.1) is 0 Å². The van der Waals surface area contributed by atoms with Gasteiger partial charge in [0.1, 0.15) is 0 Å². The standard InChI is InChI=1S/C6H15NSi/c7-8-6-4-2-1-3-5-6/h6H,1-5,7-8H2. The van der Waals surface area contributed by atoms with Crippen LogP contribution >= 0.6 is 0 Å². The molecule has 0 bridgehead atoms. The maximum absolute atomic E-state index is 5.64. The van der Waals surface area contributed by atoms with Gasteiger partial charge in [0.2, 0.25) is 0 Å². The predicted octanol–water partition coefficient (Wildman–Crippen LogP) is 0.781. The molecule has 1 aliphatic rings. The third-order valence-corrected chi connectivity index (χ3v) is 3.54. The van der Waals surface area contributed by atoms with Crippen molar-refractivity contribution < 1.29 is 0 Å². The molecule has 0 heterocycles. The van der Waals surface area contributed by atoms with Crippen molar-refractivity contribution in [1.29, 1.82) is 0 Å². The molecule has 0 aliphatic heterocycles. The van der Waals surface area contributed by atoms with E-state index in [9.17, 15) is 0 Å². The number of hydrogen-bond acceptors (Lipinski definition) is 1. The Hall–Kier alpha value is 0.177. The Kier molecular flexibility index (Phi) is 2.56. The minimum Gasteiger partial charge on any atom is -0.355 e. The van der Waals surface area contributed by atoms with Crippen LogP contribution in [0.25, 0.3) is 0 Å². The number of rotatable bonds is 1. The van der Waals surface area contributed by atoms with E-state index in [1.54, 1.807) is 0 Å². The molecule has 1 saturated carbocycles. The highest BCUT2D eigenvalue weighted by Crippen LogP contribution is 2.26. The highest BCUT2D eigenvalue weighted by Gasteiger charge is 2.10. The van der Waals surface area contributed by atoms with Gasteiger partial charge in [0.15, 0.2) is 0 Å². The van der Waals surface area contributed by atoms with Crippen LogP contribution in [-0.2, 0) is 0 Å². The molecule has 1 rings (SSSR count). The van der Waals surface area contributed by atoms with Crippen molar-refractivity contribution in [1.82, 2.24) is 0 Å². The molecule has 48 valence electrons. The molecular formula is C6H15NSi. The van der Waals surface area contributed by atoms with Gasteiger partial charge in [0.25, 0.3) is 0 Å². The summed E-state index contributed by atoms with van der Waals surface area (Å²) in [5, 5.41) is 5.64. The number of hydrogen-bond donors (Lipinski definition) is 1. The summed E-state index contributed by atoms with van der Waals surface area (Å²) in [6, 6.07) is 0. The summed E-state index contributed by atoms with van der Waals surface area (Å²) >= 11 is 0. The van der Waals surface area contributed by atoms with Gasteiger partial charge < -0.3 is 5.40 Å². The monoisotopic (exact) mass is 129 g/mol. The van der Waals surface area contributed by atoms with Crippen LogP contribution < -0.4 is 5.40 Å². The third kappa shape index (κ3) is 1.60. The zero-order chi connectivity index (χ0) is 5.82. The first-order valence-electron chi connectivity index (χ1n) is 3.63. The van der Waals surface area contributed by atoms with Gasteiger partial charge in [-0.25, -0.2) is 0 Å². The molecule has 2 heteroatoms. The van der Waals surface area contributed by atoms with Crippen LogP contribution in [0.5, 0.6) is 0 Å². The normalized spacial score (nSPS) is 25.1. The molecule has 2 N–H and O–H groups in total. The molecule has 1 nitrogen and oxygen atoms in total. The van der Waals surface area contributed by atoms with Gasteiger partial charge in [-0.15, -0.1) is 0 Å². The lowest BCUT2D eigenvalue weighted by Gasteiger charge is -2.18. The molecular weight excluding hydrogens is 114 g/mol. The molecule has 1 fully saturated rings. The first kappa shape index (κ1) is 6.30. The lowest BCUT2D eigenvalue weighted by atomic mass is 10.0. The maximum atomic E-state index is 5.64. The van der Waals surface area contributed by atoms with Crippen molar-refractivity contribution in [3.05, 3.63) is 0 Å². The van der Waals surface area contributed by atoms with Crippen molar-refractivity contribution in [3.63, 3.8) is 0 Å². The fourth-order valence-electron chi connectivity index (χ4n) is 1.42. The van der Waals surface area contributed by atoms with Gasteiger partial charge in [-0.3, -0.25) is 0 Å². The summed E-state index contributed by atoms with van der Waals surface area (Å²) in [5.74, 6) is 0. The molecule has 1 aliphatic carbocycles. The Morgan fingerprint density at radius 2 is 1.75 bits per heavy atom. The van der Waals surface area contributed by atoms with E-state index in [0.29, 0.717) is 0 Å². The molecule has 0 unspecified atom stereocenters. The van der Waals surface area contributed by atoms with E-state index in [1.807, 2.05) is 0 Å². The van der Waals surface area contributed by atoms with Crippen LogP contribution in [0.2, 0.25) is 5.54 Å². The fourth-order valence-corrected chi connectivity index (χ4v) is 2.47. The van der Waals surface area contributed by atoms with E-state index < -0.39 is 0 Å². The number of nitrogens with two attached hydrogens (primary N) is 1. The minimum absolute atomic E-state index is 0.132. The average molecular weight is 129 g/mol. The second kappa shape index (κ2) is 3.25. The van der Waals surface area contributed by atoms with Gasteiger partial charge in [-0.05, 0) is 5.54 Å². The highest BCUT2D eigenvalue weighted by molar-refractivity contribution is 6.33. The zero-order valence-corrected chi connectivity index (χ0v) is 6.81. The van der Waals surface area contributed by atoms with Crippen LogP contribution in [0.1, 0.15) is 32.1 Å². The summed E-state index contributed by atoms with van der Waals surface area (Å²) in [6.45, 7) is 0. The Labute approximate surface area is 53.6 Å². The van der Waals surface area contributed by atoms with E-state index in [1.165, 1.54) is 32.1 Å². The van der Waals surface area contributed by atoms with E-state index >= 15 is 0 Å². The molecule has 0 atom stereocenters. The summed E-state index contributed by atoms with van der Waals surface area (Å²) in [4.78, 5) is 0. The van der Waals surface area contributed by atoms with Crippen molar-refractivity contribution in [3.8, 4) is 0 Å². The summed E-state index contributed by atoms with van der Waals surface area (Å²) in [5.41, 5.74) is 1.00. The lowest BCUT2D eigenvalue weighted by molar-refractivity contribution is 0.500. The predicted molar refractivity (Wildman–Crippen MR) is 39.6 cm³/mol. The molecule has 0 aromatic carbocycles. The molecule has 0 aromatic heterocycles. The molecule has 0 saturated heterocycles. The van der Waals surface area contributed by atoms with Gasteiger partial charge in [-0.1, -0.05) is 32.1 Å². The second-order valence-corrected chi connectivity index (χ2v) is 4.37. The van der Waals surface area contributed by atoms with E-state index in [0.717, 1.165) is 5.54 Å². The topological polar surface area (TPSA) is 26.0 Å². The van der Waals surface area contributed by atoms with Crippen LogP contribution in [0.3, 0.4) is 0 Å². The SMILES string of the molecule is N[SiH2]C1CCCCC1. The average Bonchev–Trinajstić information content (AvgIpc) is 1.90. The largest absolute Gasteiger partial charge is 0.355 e. The first-order chi connectivity index (χ1) is 3.93. The van der Waals surface area contributed by atoms with Crippen molar-refractivity contribution in [2.45, 2.75) is 37.6 Å². The van der Waals surface area contributed by atoms with E-state index in [4.69, 9.17) is 5.40 Å². The highest BCUT2D eigenvalue weighted by atomic mass is 28.2. The summed E-state index contributed by atoms with van der Waals surface area (Å²) in [6.07, 6.45) is 7.26. The van der Waals surface area contributed by atoms with Gasteiger partial charge in [0, 0.05) is 0 Å². The molecule has 0 aromatic rings. The van der Waals surface area contributed by atoms with Crippen molar-refractivity contribution >= 4 is 9.68 Å². The Morgan fingerprint density at radius 3 is 2.12 bits per heavy atom. The van der Waals surface area contributed by atoms with Crippen molar-refractivity contribution in [2.75, 3.05) is 0 Å². The molecule has 0 amide bonds. The Balaban J connectivity index is 2.13. The van der Waals surface area contributed by atoms with Gasteiger partial charge in [-0.2, -0.15) is 0 Å².